The predicted molar refractivity (Wildman–Crippen MR) is 155 cm³/mol. The van der Waals surface area contributed by atoms with Crippen molar-refractivity contribution in [3.63, 3.8) is 0 Å². The first kappa shape index (κ1) is 29.3. The Labute approximate surface area is 240 Å². The maximum Gasteiger partial charge on any atom is 0.316 e. The number of methoxy groups -OCH3 is 1. The summed E-state index contributed by atoms with van der Waals surface area (Å²) in [5, 5.41) is 4.91. The molecule has 1 saturated heterocycles. The maximum absolute atomic E-state index is 13.6. The molecule has 5 rings (SSSR count). The molecule has 11 nitrogen and oxygen atoms in total. The van der Waals surface area contributed by atoms with Gasteiger partial charge in [-0.15, -0.1) is 0 Å². The summed E-state index contributed by atoms with van der Waals surface area (Å²) in [6.45, 7) is 4.29. The zero-order valence-electron chi connectivity index (χ0n) is 23.1. The Hall–Kier alpha value is -2.22. The highest BCUT2D eigenvalue weighted by Gasteiger charge is 2.39. The Bertz CT molecular complexity index is 1360. The number of nitrogens with zero attached hydrogens (tertiary/aromatic N) is 4. The average molecular weight is 595 g/mol. The van der Waals surface area contributed by atoms with E-state index < -0.39 is 10.2 Å². The van der Waals surface area contributed by atoms with Crippen LogP contribution in [0.5, 0.6) is 5.75 Å². The Kier molecular flexibility index (Phi) is 8.74. The van der Waals surface area contributed by atoms with E-state index >= 15 is 0 Å². The molecule has 3 N–H and O–H groups in total. The van der Waals surface area contributed by atoms with Crippen LogP contribution in [0.3, 0.4) is 0 Å². The standard InChI is InChI=1S/C27H39ClN6O5S/c1-27(8-9-27)18-39-25-23(17-30-34(26(25)35)21-5-3-4-20(28)15-21)32-10-12-33(13-11-32)40(36,37)31-16-19-6-7-22(29)24(14-19)38-2/h3-5,15,17,19,22,24,31H,6-14,16,18,29H2,1-2H3. The summed E-state index contributed by atoms with van der Waals surface area (Å²) in [4.78, 5) is 15.5. The van der Waals surface area contributed by atoms with E-state index in [-0.39, 0.29) is 47.9 Å². The van der Waals surface area contributed by atoms with E-state index in [1.165, 1.54) is 8.99 Å². The fourth-order valence-electron chi connectivity index (χ4n) is 5.36. The zero-order chi connectivity index (χ0) is 28.5. The van der Waals surface area contributed by atoms with Crippen molar-refractivity contribution in [1.82, 2.24) is 18.8 Å². The van der Waals surface area contributed by atoms with Crippen LogP contribution in [0.15, 0.2) is 35.3 Å². The number of hydrogen-bond donors (Lipinski definition) is 2. The minimum absolute atomic E-state index is 0.00553. The number of nitrogens with one attached hydrogen (secondary N) is 1. The average Bonchev–Trinajstić information content (AvgIpc) is 3.69. The summed E-state index contributed by atoms with van der Waals surface area (Å²) < 4.78 is 43.3. The van der Waals surface area contributed by atoms with Gasteiger partial charge in [0.1, 0.15) is 5.69 Å². The van der Waals surface area contributed by atoms with Crippen molar-refractivity contribution in [2.45, 2.75) is 51.2 Å². The molecule has 220 valence electrons. The Morgan fingerprint density at radius 3 is 2.62 bits per heavy atom. The van der Waals surface area contributed by atoms with Gasteiger partial charge in [0.25, 0.3) is 10.2 Å². The molecule has 0 amide bonds. The van der Waals surface area contributed by atoms with Gasteiger partial charge in [-0.25, -0.2) is 4.72 Å². The molecule has 0 radical (unpaired) electrons. The summed E-state index contributed by atoms with van der Waals surface area (Å²) in [5.41, 5.74) is 6.92. The number of piperazine rings is 1. The molecular formula is C27H39ClN6O5S. The third-order valence-corrected chi connectivity index (χ3v) is 10.2. The summed E-state index contributed by atoms with van der Waals surface area (Å²) >= 11 is 6.15. The number of nitrogens with two attached hydrogens (primary N) is 1. The van der Waals surface area contributed by atoms with Gasteiger partial charge in [-0.2, -0.15) is 22.5 Å². The van der Waals surface area contributed by atoms with Crippen molar-refractivity contribution >= 4 is 27.5 Å². The quantitative estimate of drug-likeness (QED) is 0.428. The maximum atomic E-state index is 13.6. The van der Waals surface area contributed by atoms with Gasteiger partial charge in [-0.3, -0.25) is 4.79 Å². The molecule has 2 heterocycles. The van der Waals surface area contributed by atoms with Crippen molar-refractivity contribution in [3.05, 3.63) is 45.8 Å². The fraction of sp³-hybridized carbons (Fsp3) is 0.630. The summed E-state index contributed by atoms with van der Waals surface area (Å²) in [7, 11) is -2.01. The third kappa shape index (κ3) is 6.63. The minimum Gasteiger partial charge on any atom is -0.486 e. The summed E-state index contributed by atoms with van der Waals surface area (Å²) in [6.07, 6.45) is 6.11. The number of anilines is 1. The smallest absolute Gasteiger partial charge is 0.316 e. The lowest BCUT2D eigenvalue weighted by atomic mass is 9.84. The molecule has 2 aromatic rings. The van der Waals surface area contributed by atoms with Gasteiger partial charge in [-0.1, -0.05) is 24.6 Å². The molecule has 3 atom stereocenters. The first-order valence-electron chi connectivity index (χ1n) is 13.9. The van der Waals surface area contributed by atoms with E-state index in [9.17, 15) is 13.2 Å². The molecule has 40 heavy (non-hydrogen) atoms. The molecule has 1 aromatic heterocycles. The van der Waals surface area contributed by atoms with Gasteiger partial charge in [0.05, 0.1) is 24.6 Å². The minimum atomic E-state index is -3.65. The second-order valence-electron chi connectivity index (χ2n) is 11.5. The van der Waals surface area contributed by atoms with Gasteiger partial charge in [0.15, 0.2) is 0 Å². The number of rotatable bonds is 10. The van der Waals surface area contributed by atoms with E-state index in [0.717, 1.165) is 32.1 Å². The van der Waals surface area contributed by atoms with Crippen molar-refractivity contribution in [2.24, 2.45) is 17.1 Å². The topological polar surface area (TPSA) is 132 Å². The van der Waals surface area contributed by atoms with Crippen molar-refractivity contribution in [1.29, 1.82) is 0 Å². The van der Waals surface area contributed by atoms with Crippen LogP contribution in [0.4, 0.5) is 5.69 Å². The second kappa shape index (κ2) is 11.9. The molecule has 0 spiro atoms. The zero-order valence-corrected chi connectivity index (χ0v) is 24.7. The van der Waals surface area contributed by atoms with E-state index in [4.69, 9.17) is 26.8 Å². The summed E-state index contributed by atoms with van der Waals surface area (Å²) in [5.74, 6) is 0.409. The summed E-state index contributed by atoms with van der Waals surface area (Å²) in [6, 6.07) is 6.93. The van der Waals surface area contributed by atoms with Gasteiger partial charge < -0.3 is 20.1 Å². The van der Waals surface area contributed by atoms with Crippen molar-refractivity contribution in [2.75, 3.05) is 51.3 Å². The highest BCUT2D eigenvalue weighted by Crippen LogP contribution is 2.45. The lowest BCUT2D eigenvalue weighted by molar-refractivity contribution is 0.0356. The van der Waals surface area contributed by atoms with E-state index in [2.05, 4.69) is 16.7 Å². The lowest BCUT2D eigenvalue weighted by Gasteiger charge is -2.36. The van der Waals surface area contributed by atoms with Gasteiger partial charge in [-0.05, 0) is 56.2 Å². The molecule has 1 aromatic carbocycles. The number of aromatic nitrogens is 2. The predicted octanol–water partition coefficient (Wildman–Crippen LogP) is 2.16. The Morgan fingerprint density at radius 2 is 1.95 bits per heavy atom. The SMILES string of the molecule is COC1CC(CNS(=O)(=O)N2CCN(c3cnn(-c4cccc(Cl)c4)c(=O)c3OCC3(C)CC3)CC2)CCC1N. The normalized spacial score (nSPS) is 25.1. The number of halogens is 1. The van der Waals surface area contributed by atoms with Crippen LogP contribution in [0.1, 0.15) is 39.0 Å². The van der Waals surface area contributed by atoms with Crippen molar-refractivity contribution < 1.29 is 17.9 Å². The van der Waals surface area contributed by atoms with Crippen LogP contribution < -0.4 is 25.7 Å². The van der Waals surface area contributed by atoms with Crippen LogP contribution in [0.2, 0.25) is 5.02 Å². The highest BCUT2D eigenvalue weighted by atomic mass is 35.5. The van der Waals surface area contributed by atoms with Crippen LogP contribution in [0.25, 0.3) is 5.69 Å². The Balaban J connectivity index is 1.27. The first-order valence-corrected chi connectivity index (χ1v) is 15.7. The van der Waals surface area contributed by atoms with Gasteiger partial charge in [0, 0.05) is 56.3 Å². The van der Waals surface area contributed by atoms with E-state index in [1.807, 2.05) is 4.90 Å². The first-order chi connectivity index (χ1) is 19.1. The lowest BCUT2D eigenvalue weighted by Crippen LogP contribution is -2.53. The van der Waals surface area contributed by atoms with Gasteiger partial charge in [0.2, 0.25) is 5.75 Å². The molecule has 0 bridgehead atoms. The second-order valence-corrected chi connectivity index (χ2v) is 13.7. The van der Waals surface area contributed by atoms with Crippen LogP contribution in [-0.4, -0.2) is 81.1 Å². The molecule has 13 heteroatoms. The number of benzene rings is 1. The van der Waals surface area contributed by atoms with E-state index in [0.29, 0.717) is 42.6 Å². The van der Waals surface area contributed by atoms with Crippen molar-refractivity contribution in [3.8, 4) is 11.4 Å². The Morgan fingerprint density at radius 1 is 1.20 bits per heavy atom. The van der Waals surface area contributed by atoms with Gasteiger partial charge >= 0.3 is 5.56 Å². The fourth-order valence-corrected chi connectivity index (χ4v) is 6.82. The van der Waals surface area contributed by atoms with E-state index in [1.54, 1.807) is 37.6 Å². The number of ether oxygens (including phenoxy) is 2. The highest BCUT2D eigenvalue weighted by molar-refractivity contribution is 7.87. The molecule has 1 aliphatic heterocycles. The molecule has 2 aliphatic carbocycles. The monoisotopic (exact) mass is 594 g/mol. The van der Waals surface area contributed by atoms with Crippen LogP contribution in [0, 0.1) is 11.3 Å². The largest absolute Gasteiger partial charge is 0.486 e. The van der Waals surface area contributed by atoms with Crippen LogP contribution in [-0.2, 0) is 14.9 Å². The molecular weight excluding hydrogens is 556 g/mol. The molecule has 3 unspecified atom stereocenters. The molecule has 2 saturated carbocycles. The third-order valence-electron chi connectivity index (χ3n) is 8.36. The van der Waals surface area contributed by atoms with Crippen LogP contribution >= 0.6 is 11.6 Å². The molecule has 3 fully saturated rings. The molecule has 3 aliphatic rings. The number of hydrogen-bond acceptors (Lipinski definition) is 8.